The molecule has 0 bridgehead atoms. The fourth-order valence-corrected chi connectivity index (χ4v) is 3.55. The highest BCUT2D eigenvalue weighted by molar-refractivity contribution is 8.01. The summed E-state index contributed by atoms with van der Waals surface area (Å²) in [6.45, 7) is 5.57. The summed E-state index contributed by atoms with van der Waals surface area (Å²) in [7, 11) is 0. The molecule has 2 N–H and O–H groups in total. The van der Waals surface area contributed by atoms with E-state index >= 15 is 0 Å². The summed E-state index contributed by atoms with van der Waals surface area (Å²) in [6, 6.07) is 8.24. The minimum absolute atomic E-state index is 0.0267. The lowest BCUT2D eigenvalue weighted by atomic mass is 10.1. The van der Waals surface area contributed by atoms with Gasteiger partial charge in [0.1, 0.15) is 0 Å². The van der Waals surface area contributed by atoms with Crippen LogP contribution in [0.3, 0.4) is 0 Å². The number of anilines is 1. The maximum atomic E-state index is 11.8. The zero-order valence-corrected chi connectivity index (χ0v) is 14.4. The van der Waals surface area contributed by atoms with Crippen LogP contribution in [0.1, 0.15) is 18.1 Å². The number of thioether (sulfide) groups is 1. The first-order valence-corrected chi connectivity index (χ1v) is 9.00. The van der Waals surface area contributed by atoms with Crippen molar-refractivity contribution in [1.29, 1.82) is 0 Å². The fraction of sp³-hybridized carbons (Fsp3) is 0.400. The van der Waals surface area contributed by atoms with Crippen molar-refractivity contribution >= 4 is 34.1 Å². The van der Waals surface area contributed by atoms with Gasteiger partial charge in [-0.15, -0.1) is 10.2 Å². The van der Waals surface area contributed by atoms with E-state index in [1.165, 1.54) is 34.2 Å². The molecule has 0 atom stereocenters. The van der Waals surface area contributed by atoms with Crippen LogP contribution < -0.4 is 10.6 Å². The van der Waals surface area contributed by atoms with E-state index in [2.05, 4.69) is 39.9 Å². The van der Waals surface area contributed by atoms with E-state index in [4.69, 9.17) is 0 Å². The van der Waals surface area contributed by atoms with Crippen LogP contribution in [-0.2, 0) is 11.2 Å². The van der Waals surface area contributed by atoms with Gasteiger partial charge in [-0.25, -0.2) is 0 Å². The lowest BCUT2D eigenvalue weighted by Gasteiger charge is -2.06. The van der Waals surface area contributed by atoms with Gasteiger partial charge in [0, 0.05) is 13.1 Å². The Kier molecular flexibility index (Phi) is 6.67. The van der Waals surface area contributed by atoms with E-state index in [-0.39, 0.29) is 5.91 Å². The summed E-state index contributed by atoms with van der Waals surface area (Å²) in [5, 5.41) is 14.9. The SMILES string of the molecule is CCNc1nnc(SCC(=O)NCCc2ccccc2C)s1. The molecule has 22 heavy (non-hydrogen) atoms. The largest absolute Gasteiger partial charge is 0.360 e. The van der Waals surface area contributed by atoms with Gasteiger partial charge in [0.15, 0.2) is 4.34 Å². The number of amides is 1. The standard InChI is InChI=1S/C15H20N4OS2/c1-3-16-14-18-19-15(22-14)21-10-13(20)17-9-8-12-7-5-4-6-11(12)2/h4-7H,3,8-10H2,1-2H3,(H,16,18)(H,17,20). The number of aryl methyl sites for hydroxylation is 1. The van der Waals surface area contributed by atoms with E-state index in [9.17, 15) is 4.79 Å². The molecule has 0 saturated carbocycles. The Morgan fingerprint density at radius 1 is 1.32 bits per heavy atom. The van der Waals surface area contributed by atoms with Crippen LogP contribution >= 0.6 is 23.1 Å². The number of aromatic nitrogens is 2. The minimum Gasteiger partial charge on any atom is -0.360 e. The van der Waals surface area contributed by atoms with Crippen LogP contribution in [0.25, 0.3) is 0 Å². The lowest BCUT2D eigenvalue weighted by molar-refractivity contribution is -0.118. The molecule has 0 aliphatic carbocycles. The van der Waals surface area contributed by atoms with Crippen LogP contribution in [0.5, 0.6) is 0 Å². The van der Waals surface area contributed by atoms with Crippen molar-refractivity contribution in [3.63, 3.8) is 0 Å². The average Bonchev–Trinajstić information content (AvgIpc) is 2.95. The topological polar surface area (TPSA) is 66.9 Å². The van der Waals surface area contributed by atoms with Gasteiger partial charge in [0.2, 0.25) is 11.0 Å². The van der Waals surface area contributed by atoms with Crippen molar-refractivity contribution < 1.29 is 4.79 Å². The first-order valence-electron chi connectivity index (χ1n) is 7.20. The average molecular weight is 336 g/mol. The maximum Gasteiger partial charge on any atom is 0.230 e. The van der Waals surface area contributed by atoms with Gasteiger partial charge in [-0.3, -0.25) is 4.79 Å². The van der Waals surface area contributed by atoms with E-state index in [0.717, 1.165) is 22.4 Å². The van der Waals surface area contributed by atoms with Crippen LogP contribution in [0, 0.1) is 6.92 Å². The second kappa shape index (κ2) is 8.75. The van der Waals surface area contributed by atoms with Gasteiger partial charge in [0.05, 0.1) is 5.75 Å². The van der Waals surface area contributed by atoms with Crippen LogP contribution in [0.4, 0.5) is 5.13 Å². The Morgan fingerprint density at radius 3 is 2.91 bits per heavy atom. The molecule has 1 amide bonds. The van der Waals surface area contributed by atoms with Gasteiger partial charge >= 0.3 is 0 Å². The number of rotatable bonds is 8. The molecule has 118 valence electrons. The first-order chi connectivity index (χ1) is 10.7. The summed E-state index contributed by atoms with van der Waals surface area (Å²) in [6.07, 6.45) is 0.854. The molecule has 2 rings (SSSR count). The molecule has 0 aliphatic heterocycles. The van der Waals surface area contributed by atoms with Crippen molar-refractivity contribution in [2.24, 2.45) is 0 Å². The predicted octanol–water partition coefficient (Wildman–Crippen LogP) is 2.73. The Balaban J connectivity index is 1.68. The number of nitrogens with zero attached hydrogens (tertiary/aromatic N) is 2. The summed E-state index contributed by atoms with van der Waals surface area (Å²) < 4.78 is 0.810. The van der Waals surface area contributed by atoms with Crippen molar-refractivity contribution in [2.45, 2.75) is 24.6 Å². The quantitative estimate of drug-likeness (QED) is 0.726. The lowest BCUT2D eigenvalue weighted by Crippen LogP contribution is -2.27. The van der Waals surface area contributed by atoms with Crippen molar-refractivity contribution in [3.8, 4) is 0 Å². The Hall–Kier alpha value is -1.60. The molecular formula is C15H20N4OS2. The molecule has 1 aromatic carbocycles. The van der Waals surface area contributed by atoms with E-state index < -0.39 is 0 Å². The van der Waals surface area contributed by atoms with Gasteiger partial charge in [-0.05, 0) is 31.4 Å². The number of nitrogens with one attached hydrogen (secondary N) is 2. The Labute approximate surface area is 138 Å². The third-order valence-corrected chi connectivity index (χ3v) is 5.05. The highest BCUT2D eigenvalue weighted by Gasteiger charge is 2.07. The summed E-state index contributed by atoms with van der Waals surface area (Å²) in [4.78, 5) is 11.8. The molecule has 1 heterocycles. The van der Waals surface area contributed by atoms with E-state index in [1.54, 1.807) is 0 Å². The summed E-state index contributed by atoms with van der Waals surface area (Å²) >= 11 is 2.89. The highest BCUT2D eigenvalue weighted by Crippen LogP contribution is 2.24. The van der Waals surface area contributed by atoms with Gasteiger partial charge in [0.25, 0.3) is 0 Å². The molecule has 2 aromatic rings. The molecule has 5 nitrogen and oxygen atoms in total. The first kappa shape index (κ1) is 16.8. The number of hydrogen-bond acceptors (Lipinski definition) is 6. The van der Waals surface area contributed by atoms with Gasteiger partial charge < -0.3 is 10.6 Å². The summed E-state index contributed by atoms with van der Waals surface area (Å²) in [5.41, 5.74) is 2.53. The normalized spacial score (nSPS) is 10.5. The molecule has 0 unspecified atom stereocenters. The van der Waals surface area contributed by atoms with Gasteiger partial charge in [-0.1, -0.05) is 47.4 Å². The molecule has 0 fully saturated rings. The molecule has 1 aromatic heterocycles. The van der Waals surface area contributed by atoms with E-state index in [1.807, 2.05) is 19.1 Å². The number of benzene rings is 1. The molecule has 0 aliphatic rings. The smallest absolute Gasteiger partial charge is 0.230 e. The van der Waals surface area contributed by atoms with Crippen molar-refractivity contribution in [1.82, 2.24) is 15.5 Å². The molecule has 0 spiro atoms. The number of hydrogen-bond donors (Lipinski definition) is 2. The number of carbonyl (C=O) groups excluding carboxylic acids is 1. The summed E-state index contributed by atoms with van der Waals surface area (Å²) in [5.74, 6) is 0.396. The van der Waals surface area contributed by atoms with Crippen molar-refractivity contribution in [3.05, 3.63) is 35.4 Å². The third kappa shape index (κ3) is 5.31. The van der Waals surface area contributed by atoms with Crippen LogP contribution in [0.2, 0.25) is 0 Å². The monoisotopic (exact) mass is 336 g/mol. The van der Waals surface area contributed by atoms with Gasteiger partial charge in [-0.2, -0.15) is 0 Å². The molecule has 7 heteroatoms. The second-order valence-corrected chi connectivity index (χ2v) is 6.92. The number of carbonyl (C=O) groups is 1. The zero-order chi connectivity index (χ0) is 15.8. The zero-order valence-electron chi connectivity index (χ0n) is 12.8. The Morgan fingerprint density at radius 2 is 2.14 bits per heavy atom. The molecule has 0 radical (unpaired) electrons. The second-order valence-electron chi connectivity index (χ2n) is 4.72. The fourth-order valence-electron chi connectivity index (χ4n) is 1.90. The molecular weight excluding hydrogens is 316 g/mol. The van der Waals surface area contributed by atoms with E-state index in [0.29, 0.717) is 12.3 Å². The predicted molar refractivity (Wildman–Crippen MR) is 92.7 cm³/mol. The Bertz CT molecular complexity index is 615. The van der Waals surface area contributed by atoms with Crippen LogP contribution in [-0.4, -0.2) is 34.9 Å². The third-order valence-electron chi connectivity index (χ3n) is 3.04. The molecule has 0 saturated heterocycles. The minimum atomic E-state index is 0.0267. The van der Waals surface area contributed by atoms with Crippen molar-refractivity contribution in [2.75, 3.05) is 24.2 Å². The highest BCUT2D eigenvalue weighted by atomic mass is 32.2. The van der Waals surface area contributed by atoms with Crippen LogP contribution in [0.15, 0.2) is 28.6 Å². The maximum absolute atomic E-state index is 11.8.